The molecule has 0 unspecified atom stereocenters. The number of rotatable bonds is 4. The first-order valence-electron chi connectivity index (χ1n) is 32.3. The molecule has 99 heavy (non-hydrogen) atoms. The maximum absolute atomic E-state index is 14.8. The highest BCUT2D eigenvalue weighted by Gasteiger charge is 2.36. The third-order valence-electron chi connectivity index (χ3n) is 17.5. The molecule has 17 heteroatoms. The minimum Gasteiger partial charge on any atom is -0.205 e. The summed E-state index contributed by atoms with van der Waals surface area (Å²) in [6.07, 6.45) is -4.55. The van der Waals surface area contributed by atoms with Gasteiger partial charge in [0.05, 0.1) is 11.1 Å². The molecule has 490 valence electrons. The van der Waals surface area contributed by atoms with Gasteiger partial charge in [0.15, 0.2) is 11.6 Å². The van der Waals surface area contributed by atoms with Crippen LogP contribution in [0.1, 0.15) is 86.1 Å². The fraction of sp³-hybridized carbons (Fsp3) is 0.171. The van der Waals surface area contributed by atoms with Gasteiger partial charge in [-0.2, -0.15) is 13.2 Å². The van der Waals surface area contributed by atoms with Crippen molar-refractivity contribution < 1.29 is 22.0 Å². The fourth-order valence-corrected chi connectivity index (χ4v) is 13.1. The average Bonchev–Trinajstić information content (AvgIpc) is 0.759. The Bertz CT molecular complexity index is 5610. The molecule has 0 radical (unpaired) electrons. The van der Waals surface area contributed by atoms with Crippen LogP contribution in [0.15, 0.2) is 206 Å². The Kier molecular flexibility index (Phi) is 17.6. The highest BCUT2D eigenvalue weighted by Crippen LogP contribution is 2.43. The number of nitrogens with zero attached hydrogens (tertiary/aromatic N) is 12. The molecule has 16 aromatic rings. The van der Waals surface area contributed by atoms with Crippen molar-refractivity contribution in [1.29, 1.82) is 0 Å². The summed E-state index contributed by atoms with van der Waals surface area (Å²) in [4.78, 5) is 0. The van der Waals surface area contributed by atoms with Gasteiger partial charge in [-0.15, -0.1) is 40.8 Å². The molecular weight excluding hydrogens is 1250 g/mol. The number of alkyl halides is 3. The molecule has 0 fully saturated rings. The van der Waals surface area contributed by atoms with Gasteiger partial charge in [0.1, 0.15) is 39.3 Å². The van der Waals surface area contributed by atoms with Crippen LogP contribution in [0.2, 0.25) is 0 Å². The highest BCUT2D eigenvalue weighted by molar-refractivity contribution is 6.06. The Hall–Kier alpha value is -11.6. The fourth-order valence-electron chi connectivity index (χ4n) is 13.1. The minimum atomic E-state index is -4.55. The van der Waals surface area contributed by atoms with E-state index in [1.54, 1.807) is 36.4 Å². The Labute approximate surface area is 568 Å². The topological polar surface area (TPSA) is 155 Å². The van der Waals surface area contributed by atoms with Crippen molar-refractivity contribution in [2.75, 3.05) is 0 Å². The average molecular weight is 1320 g/mol. The Morgan fingerprint density at radius 1 is 0.283 bits per heavy atom. The number of hydrogen-bond donors (Lipinski definition) is 0. The predicted molar refractivity (Wildman–Crippen MR) is 387 cm³/mol. The van der Waals surface area contributed by atoms with E-state index in [1.165, 1.54) is 39.4 Å². The summed E-state index contributed by atoms with van der Waals surface area (Å²) in [6, 6.07) is 65.9. The van der Waals surface area contributed by atoms with Crippen molar-refractivity contribution in [3.63, 3.8) is 0 Å². The van der Waals surface area contributed by atoms with E-state index >= 15 is 0 Å². The van der Waals surface area contributed by atoms with Crippen molar-refractivity contribution in [3.05, 3.63) is 262 Å². The zero-order chi connectivity index (χ0) is 69.7. The van der Waals surface area contributed by atoms with E-state index in [1.807, 2.05) is 100 Å². The van der Waals surface area contributed by atoms with Gasteiger partial charge < -0.3 is 0 Å². The van der Waals surface area contributed by atoms with Gasteiger partial charge in [-0.05, 0) is 187 Å². The molecule has 0 saturated heterocycles. The number of aryl methyl sites for hydroxylation is 5. The maximum atomic E-state index is 14.8. The highest BCUT2D eigenvalue weighted by atomic mass is 19.4. The summed E-state index contributed by atoms with van der Waals surface area (Å²) in [7, 11) is 0. The van der Waals surface area contributed by atoms with Gasteiger partial charge in [-0.1, -0.05) is 203 Å². The molecule has 0 bridgehead atoms. The number of fused-ring (bicyclic) bond motifs is 8. The summed E-state index contributed by atoms with van der Waals surface area (Å²) in [5.41, 5.74) is 14.7. The second-order valence-electron chi connectivity index (χ2n) is 27.1. The van der Waals surface area contributed by atoms with Crippen molar-refractivity contribution in [3.8, 4) is 45.0 Å². The molecule has 4 heterocycles. The van der Waals surface area contributed by atoms with Crippen LogP contribution < -0.4 is 0 Å². The lowest BCUT2D eigenvalue weighted by Gasteiger charge is -2.22. The van der Waals surface area contributed by atoms with Crippen molar-refractivity contribution >= 4 is 86.7 Å². The van der Waals surface area contributed by atoms with Crippen molar-refractivity contribution in [2.24, 2.45) is 0 Å². The summed E-state index contributed by atoms with van der Waals surface area (Å²) in [5.74, 6) is -0.732. The van der Waals surface area contributed by atoms with E-state index in [2.05, 4.69) is 195 Å². The van der Waals surface area contributed by atoms with Gasteiger partial charge >= 0.3 is 6.18 Å². The van der Waals surface area contributed by atoms with Gasteiger partial charge in [0.25, 0.3) is 0 Å². The molecule has 0 spiro atoms. The Morgan fingerprint density at radius 2 is 0.626 bits per heavy atom. The van der Waals surface area contributed by atoms with Crippen molar-refractivity contribution in [1.82, 2.24) is 61.6 Å². The van der Waals surface area contributed by atoms with Gasteiger partial charge in [-0.25, -0.2) is 8.78 Å². The smallest absolute Gasteiger partial charge is 0.205 e. The normalized spacial score (nSPS) is 11.8. The lowest BCUT2D eigenvalue weighted by molar-refractivity contribution is -0.135. The molecule has 0 aliphatic heterocycles. The number of hydrogen-bond acceptors (Lipinski definition) is 12. The van der Waals surface area contributed by atoms with Crippen molar-refractivity contribution in [2.45, 2.75) is 93.2 Å². The third kappa shape index (κ3) is 13.4. The third-order valence-corrected chi connectivity index (χ3v) is 17.5. The SMILES string of the molecule is CC(C)(C)c1cc(-c2nnnc3c(F)cccc23)cc2ccccc12.Cc1cc(C)cc(-c2nnnc3c(C(F)(F)F)c4ccccc4cc23)c1.Cc1cc(C)cc(-c2nnnc3c(F)c4ccccc4cc23)c1.Cc1cccc2c(-c3cc(C(C)(C)C)c4ccccc4c3)nnnc12. The lowest BCUT2D eigenvalue weighted by atomic mass is 9.82. The molecule has 0 saturated carbocycles. The molecule has 0 atom stereocenters. The van der Waals surface area contributed by atoms with Crippen LogP contribution in [0.25, 0.3) is 132 Å². The number of halogens is 5. The summed E-state index contributed by atoms with van der Waals surface area (Å²) >= 11 is 0. The first kappa shape index (κ1) is 66.0. The standard InChI is InChI=1S/C22H21N3.C21H18FN3.C20H14F3N3.C19H14FN3/c1-14-8-7-11-18-20(14)23-25-24-21(18)16-12-15-9-5-6-10-17(15)19(13-16)22(2,3)4;1-21(2,3)17-12-14(11-13-7-4-5-8-15(13)17)19-16-9-6-10-18(22)20(16)24-25-23-19;1-11-7-12(2)9-14(8-11)18-16-10-13-5-3-4-6-15(13)17(20(21,22)23)19(16)25-26-24-18;1-11-7-12(2)9-14(8-11)18-16-10-13-5-3-4-6-15(13)17(20)19(16)22-23-21-18/h5-13H,1-4H3;4-12H,1-3H3;3-10H,1-2H3;3-10H,1-2H3. The molecule has 0 N–H and O–H groups in total. The van der Waals surface area contributed by atoms with Gasteiger partial charge in [0, 0.05) is 49.2 Å². The zero-order valence-corrected chi connectivity index (χ0v) is 56.4. The van der Waals surface area contributed by atoms with Gasteiger partial charge in [-0.3, -0.25) is 0 Å². The maximum Gasteiger partial charge on any atom is 0.419 e. The van der Waals surface area contributed by atoms with Crippen LogP contribution in [0.3, 0.4) is 0 Å². The van der Waals surface area contributed by atoms with Crippen LogP contribution in [0, 0.1) is 46.3 Å². The number of aromatic nitrogens is 12. The summed E-state index contributed by atoms with van der Waals surface area (Å²) < 4.78 is 70.3. The van der Waals surface area contributed by atoms with Crippen LogP contribution in [-0.4, -0.2) is 61.6 Å². The molecule has 16 rings (SSSR count). The van der Waals surface area contributed by atoms with E-state index in [0.717, 1.165) is 77.4 Å². The monoisotopic (exact) mass is 1310 g/mol. The molecule has 0 amide bonds. The van der Waals surface area contributed by atoms with E-state index in [9.17, 15) is 22.0 Å². The lowest BCUT2D eigenvalue weighted by Crippen LogP contribution is -2.12. The van der Waals surface area contributed by atoms with Crippen LogP contribution in [-0.2, 0) is 17.0 Å². The molecule has 0 aliphatic rings. The van der Waals surface area contributed by atoms with E-state index in [4.69, 9.17) is 0 Å². The molecule has 12 aromatic carbocycles. The summed E-state index contributed by atoms with van der Waals surface area (Å²) in [6.45, 7) is 23.3. The van der Waals surface area contributed by atoms with Gasteiger partial charge in [0.2, 0.25) is 0 Å². The number of benzene rings is 12. The van der Waals surface area contributed by atoms with Crippen LogP contribution in [0.4, 0.5) is 22.0 Å². The first-order chi connectivity index (χ1) is 47.4. The molecule has 4 aromatic heterocycles. The second kappa shape index (κ2) is 26.4. The molecule has 0 aliphatic carbocycles. The minimum absolute atomic E-state index is 0.0306. The largest absolute Gasteiger partial charge is 0.419 e. The van der Waals surface area contributed by atoms with E-state index in [0.29, 0.717) is 44.0 Å². The Morgan fingerprint density at radius 3 is 1.09 bits per heavy atom. The predicted octanol–water partition coefficient (Wildman–Crippen LogP) is 20.8. The van der Waals surface area contributed by atoms with Crippen LogP contribution >= 0.6 is 0 Å². The second-order valence-corrected chi connectivity index (χ2v) is 27.1. The quantitative estimate of drug-likeness (QED) is 0.122. The van der Waals surface area contributed by atoms with Crippen LogP contribution in [0.5, 0.6) is 0 Å². The van der Waals surface area contributed by atoms with E-state index < -0.39 is 11.7 Å². The zero-order valence-electron chi connectivity index (χ0n) is 56.4. The summed E-state index contributed by atoms with van der Waals surface area (Å²) in [5, 5.41) is 57.4. The molecular formula is C82H67F5N12. The molecule has 12 nitrogen and oxygen atoms in total. The first-order valence-corrected chi connectivity index (χ1v) is 32.3. The van der Waals surface area contributed by atoms with E-state index in [-0.39, 0.29) is 44.4 Å². The Balaban J connectivity index is 0.000000119.